The minimum absolute atomic E-state index is 0.867. The van der Waals surface area contributed by atoms with Crippen LogP contribution in [-0.4, -0.2) is 5.16 Å². The van der Waals surface area contributed by atoms with Crippen LogP contribution in [0.5, 0.6) is 0 Å². The third-order valence-corrected chi connectivity index (χ3v) is 3.58. The summed E-state index contributed by atoms with van der Waals surface area (Å²) >= 11 is 1.75. The molecule has 0 amide bonds. The first kappa shape index (κ1) is 11.1. The highest BCUT2D eigenvalue weighted by molar-refractivity contribution is 7.99. The molecule has 3 aromatic rings. The van der Waals surface area contributed by atoms with E-state index in [0.717, 1.165) is 11.3 Å². The van der Waals surface area contributed by atoms with Crippen LogP contribution in [0.1, 0.15) is 0 Å². The largest absolute Gasteiger partial charge is 0.364 e. The number of nitrogens with zero attached hydrogens (tertiary/aromatic N) is 1. The molecule has 18 heavy (non-hydrogen) atoms. The molecular formula is C15H11NOS. The summed E-state index contributed by atoms with van der Waals surface area (Å²) in [5.74, 6) is 0. The molecule has 0 radical (unpaired) electrons. The van der Waals surface area contributed by atoms with Crippen LogP contribution >= 0.6 is 11.8 Å². The third kappa shape index (κ3) is 2.46. The fraction of sp³-hybridized carbons (Fsp3) is 0. The maximum Gasteiger partial charge on any atom is 0.124 e. The second kappa shape index (κ2) is 5.10. The molecule has 0 aliphatic carbocycles. The lowest BCUT2D eigenvalue weighted by Crippen LogP contribution is -1.77. The van der Waals surface area contributed by atoms with E-state index in [4.69, 9.17) is 4.52 Å². The van der Waals surface area contributed by atoms with Gasteiger partial charge in [0.2, 0.25) is 0 Å². The Labute approximate surface area is 110 Å². The lowest BCUT2D eigenvalue weighted by Gasteiger charge is -2.02. The van der Waals surface area contributed by atoms with Crippen LogP contribution in [0.25, 0.3) is 11.3 Å². The molecule has 0 aliphatic heterocycles. The smallest absolute Gasteiger partial charge is 0.124 e. The molecule has 0 bridgehead atoms. The molecule has 2 nitrogen and oxygen atoms in total. The molecule has 0 saturated carbocycles. The molecule has 0 atom stereocenters. The molecule has 1 aromatic heterocycles. The zero-order valence-electron chi connectivity index (χ0n) is 9.61. The Morgan fingerprint density at radius 1 is 0.778 bits per heavy atom. The van der Waals surface area contributed by atoms with Crippen molar-refractivity contribution in [1.82, 2.24) is 5.16 Å². The number of hydrogen-bond acceptors (Lipinski definition) is 3. The molecule has 2 aromatic carbocycles. The van der Waals surface area contributed by atoms with Crippen molar-refractivity contribution < 1.29 is 4.52 Å². The molecule has 0 aliphatic rings. The van der Waals surface area contributed by atoms with Gasteiger partial charge in [-0.05, 0) is 24.3 Å². The van der Waals surface area contributed by atoms with Crippen molar-refractivity contribution >= 4 is 11.8 Å². The first-order valence-corrected chi connectivity index (χ1v) is 6.47. The molecular weight excluding hydrogens is 242 g/mol. The van der Waals surface area contributed by atoms with E-state index in [0.29, 0.717) is 0 Å². The third-order valence-electron chi connectivity index (χ3n) is 2.57. The van der Waals surface area contributed by atoms with Crippen LogP contribution in [0.2, 0.25) is 0 Å². The Balaban J connectivity index is 1.80. The fourth-order valence-corrected chi connectivity index (χ4v) is 2.52. The summed E-state index contributed by atoms with van der Waals surface area (Å²) in [5, 5.41) is 3.92. The molecule has 0 N–H and O–H groups in total. The first-order valence-electron chi connectivity index (χ1n) is 5.65. The highest BCUT2D eigenvalue weighted by Crippen LogP contribution is 2.29. The van der Waals surface area contributed by atoms with E-state index in [-0.39, 0.29) is 0 Å². The van der Waals surface area contributed by atoms with Crippen LogP contribution in [0.3, 0.4) is 0 Å². The van der Waals surface area contributed by atoms with Crippen molar-refractivity contribution in [2.75, 3.05) is 0 Å². The summed E-state index contributed by atoms with van der Waals surface area (Å²) in [6, 6.07) is 20.5. The fourth-order valence-electron chi connectivity index (χ4n) is 1.68. The molecule has 88 valence electrons. The van der Waals surface area contributed by atoms with Gasteiger partial charge in [-0.3, -0.25) is 0 Å². The molecule has 3 heteroatoms. The molecule has 3 rings (SSSR count). The van der Waals surface area contributed by atoms with Crippen LogP contribution < -0.4 is 0 Å². The Bertz CT molecular complexity index is 603. The Kier molecular flexibility index (Phi) is 3.15. The van der Waals surface area contributed by atoms with Crippen LogP contribution in [0.15, 0.2) is 81.2 Å². The van der Waals surface area contributed by atoms with Gasteiger partial charge < -0.3 is 4.52 Å². The van der Waals surface area contributed by atoms with E-state index in [9.17, 15) is 0 Å². The molecule has 0 unspecified atom stereocenters. The number of benzene rings is 2. The SMILES string of the molecule is c1ccc(Sc2ccc(-c3ccon3)cc2)cc1. The monoisotopic (exact) mass is 253 g/mol. The van der Waals surface area contributed by atoms with Gasteiger partial charge in [-0.25, -0.2) is 0 Å². The topological polar surface area (TPSA) is 26.0 Å². The van der Waals surface area contributed by atoms with Gasteiger partial charge in [0.25, 0.3) is 0 Å². The second-order valence-electron chi connectivity index (χ2n) is 3.82. The van der Waals surface area contributed by atoms with E-state index in [1.165, 1.54) is 9.79 Å². The average Bonchev–Trinajstić information content (AvgIpc) is 2.95. The van der Waals surface area contributed by atoms with E-state index in [1.807, 2.05) is 24.3 Å². The Morgan fingerprint density at radius 3 is 2.17 bits per heavy atom. The predicted octanol–water partition coefficient (Wildman–Crippen LogP) is 4.49. The highest BCUT2D eigenvalue weighted by Gasteiger charge is 2.01. The summed E-state index contributed by atoms with van der Waals surface area (Å²) in [6.07, 6.45) is 1.59. The molecule has 0 saturated heterocycles. The summed E-state index contributed by atoms with van der Waals surface area (Å²) in [4.78, 5) is 2.46. The van der Waals surface area contributed by atoms with Crippen molar-refractivity contribution in [2.24, 2.45) is 0 Å². The highest BCUT2D eigenvalue weighted by atomic mass is 32.2. The van der Waals surface area contributed by atoms with Crippen molar-refractivity contribution in [3.05, 3.63) is 66.9 Å². The van der Waals surface area contributed by atoms with Crippen molar-refractivity contribution in [2.45, 2.75) is 9.79 Å². The van der Waals surface area contributed by atoms with Crippen LogP contribution in [0.4, 0.5) is 0 Å². The summed E-state index contributed by atoms with van der Waals surface area (Å²) < 4.78 is 4.84. The first-order chi connectivity index (χ1) is 8.92. The standard InChI is InChI=1S/C15H11NOS/c1-2-4-13(5-3-1)18-14-8-6-12(7-9-14)15-10-11-17-16-15/h1-11H. The number of rotatable bonds is 3. The van der Waals surface area contributed by atoms with Gasteiger partial charge in [0, 0.05) is 21.4 Å². The zero-order chi connectivity index (χ0) is 12.2. The molecule has 0 spiro atoms. The van der Waals surface area contributed by atoms with Gasteiger partial charge in [-0.1, -0.05) is 47.3 Å². The lowest BCUT2D eigenvalue weighted by atomic mass is 10.2. The maximum atomic E-state index is 4.84. The van der Waals surface area contributed by atoms with Gasteiger partial charge >= 0.3 is 0 Å². The quantitative estimate of drug-likeness (QED) is 0.687. The van der Waals surface area contributed by atoms with Crippen molar-refractivity contribution in [1.29, 1.82) is 0 Å². The van der Waals surface area contributed by atoms with E-state index in [2.05, 4.69) is 41.6 Å². The Morgan fingerprint density at radius 2 is 1.50 bits per heavy atom. The lowest BCUT2D eigenvalue weighted by molar-refractivity contribution is 0.422. The Hall–Kier alpha value is -2.00. The van der Waals surface area contributed by atoms with Gasteiger partial charge in [-0.15, -0.1) is 0 Å². The van der Waals surface area contributed by atoms with Gasteiger partial charge in [0.1, 0.15) is 12.0 Å². The summed E-state index contributed by atoms with van der Waals surface area (Å²) in [6.45, 7) is 0. The average molecular weight is 253 g/mol. The van der Waals surface area contributed by atoms with E-state index in [1.54, 1.807) is 18.0 Å². The predicted molar refractivity (Wildman–Crippen MR) is 72.5 cm³/mol. The zero-order valence-corrected chi connectivity index (χ0v) is 10.4. The summed E-state index contributed by atoms with van der Waals surface area (Å²) in [7, 11) is 0. The van der Waals surface area contributed by atoms with E-state index >= 15 is 0 Å². The van der Waals surface area contributed by atoms with Crippen molar-refractivity contribution in [3.63, 3.8) is 0 Å². The van der Waals surface area contributed by atoms with Gasteiger partial charge in [0.15, 0.2) is 0 Å². The van der Waals surface area contributed by atoms with Gasteiger partial charge in [0.05, 0.1) is 0 Å². The molecule has 0 fully saturated rings. The van der Waals surface area contributed by atoms with Crippen molar-refractivity contribution in [3.8, 4) is 11.3 Å². The molecule has 1 heterocycles. The summed E-state index contributed by atoms with van der Waals surface area (Å²) in [5.41, 5.74) is 1.94. The van der Waals surface area contributed by atoms with Crippen LogP contribution in [0, 0.1) is 0 Å². The number of aromatic nitrogens is 1. The van der Waals surface area contributed by atoms with Crippen LogP contribution in [-0.2, 0) is 0 Å². The normalized spacial score (nSPS) is 10.4. The maximum absolute atomic E-state index is 4.84. The van der Waals surface area contributed by atoms with Gasteiger partial charge in [-0.2, -0.15) is 0 Å². The minimum Gasteiger partial charge on any atom is -0.364 e. The second-order valence-corrected chi connectivity index (χ2v) is 4.97. The number of hydrogen-bond donors (Lipinski definition) is 0. The minimum atomic E-state index is 0.867. The van der Waals surface area contributed by atoms with E-state index < -0.39 is 0 Å².